The first kappa shape index (κ1) is 41.3. The summed E-state index contributed by atoms with van der Waals surface area (Å²) in [4.78, 5) is 9.98. The number of hydrogen-bond donors (Lipinski definition) is 1. The minimum atomic E-state index is -0.839. The van der Waals surface area contributed by atoms with Gasteiger partial charge in [0.25, 0.3) is 0 Å². The van der Waals surface area contributed by atoms with E-state index in [4.69, 9.17) is 5.73 Å². The Morgan fingerprint density at radius 3 is 1.56 bits per heavy atom. The normalized spacial score (nSPS) is 13.1. The number of nitrogens with two attached hydrogens (primary N) is 1. The predicted molar refractivity (Wildman–Crippen MR) is 181 cm³/mol. The van der Waals surface area contributed by atoms with Crippen LogP contribution in [0.25, 0.3) is 0 Å². The van der Waals surface area contributed by atoms with Crippen LogP contribution in [0, 0.1) is 5.41 Å². The Labute approximate surface area is 260 Å². The SMILES string of the molecule is CCCCC(N)=O.CCCC[P+](CCCC)(CCCC)Cc1ccc(C(C)C(C)(C)C)cc1.COCl.[CH2]1[CH2][Sn]1. The van der Waals surface area contributed by atoms with Crippen LogP contribution in [0.1, 0.15) is 130 Å². The van der Waals surface area contributed by atoms with Gasteiger partial charge in [0, 0.05) is 13.7 Å². The molecule has 1 fully saturated rings. The molecule has 39 heavy (non-hydrogen) atoms. The molecule has 228 valence electrons. The number of benzene rings is 1. The van der Waals surface area contributed by atoms with E-state index < -0.39 is 7.26 Å². The van der Waals surface area contributed by atoms with E-state index in [1.807, 2.05) is 6.92 Å². The number of carbonyl (C=O) groups is 1. The number of halogens is 1. The molecule has 2 N–H and O–H groups in total. The van der Waals surface area contributed by atoms with Gasteiger partial charge in [-0.3, -0.25) is 9.08 Å². The molecule has 3 nitrogen and oxygen atoms in total. The molecule has 1 unspecified atom stereocenters. The van der Waals surface area contributed by atoms with Crippen molar-refractivity contribution in [3.05, 3.63) is 35.4 Å². The molecule has 1 saturated heterocycles. The molecule has 0 bridgehead atoms. The van der Waals surface area contributed by atoms with E-state index in [0.29, 0.717) is 38.9 Å². The summed E-state index contributed by atoms with van der Waals surface area (Å²) in [5.41, 5.74) is 8.28. The second-order valence-corrected chi connectivity index (χ2v) is 21.0. The van der Waals surface area contributed by atoms with Crippen molar-refractivity contribution in [1.82, 2.24) is 0 Å². The molecule has 1 amide bonds. The number of primary amides is 1. The number of rotatable bonds is 15. The number of amides is 1. The molecule has 1 aliphatic heterocycles. The summed E-state index contributed by atoms with van der Waals surface area (Å²) in [6.45, 7) is 18.5. The van der Waals surface area contributed by atoms with Crippen LogP contribution in [0.15, 0.2) is 24.3 Å². The number of carbonyl (C=O) groups excluding carboxylic acids is 1. The maximum absolute atomic E-state index is 9.98. The maximum atomic E-state index is 9.98. The molecule has 0 aliphatic carbocycles. The van der Waals surface area contributed by atoms with Crippen LogP contribution < -0.4 is 5.73 Å². The van der Waals surface area contributed by atoms with Crippen molar-refractivity contribution in [2.24, 2.45) is 11.1 Å². The predicted octanol–water partition coefficient (Wildman–Crippen LogP) is 10.7. The molecule has 0 aromatic heterocycles. The summed E-state index contributed by atoms with van der Waals surface area (Å²) >= 11 is 4.98. The van der Waals surface area contributed by atoms with Crippen molar-refractivity contribution in [1.29, 1.82) is 0 Å². The molecule has 1 aromatic rings. The third-order valence-corrected chi connectivity index (χ3v) is 13.5. The Balaban J connectivity index is 0. The molecule has 1 aliphatic rings. The molecule has 0 spiro atoms. The quantitative estimate of drug-likeness (QED) is 0.147. The van der Waals surface area contributed by atoms with Crippen LogP contribution in [0.2, 0.25) is 8.87 Å². The molecule has 1 aromatic carbocycles. The summed E-state index contributed by atoms with van der Waals surface area (Å²) < 4.78 is 7.06. The Morgan fingerprint density at radius 1 is 0.923 bits per heavy atom. The van der Waals surface area contributed by atoms with E-state index in [1.54, 1.807) is 14.4 Å². The van der Waals surface area contributed by atoms with E-state index in [0.717, 1.165) is 12.8 Å². The van der Waals surface area contributed by atoms with E-state index >= 15 is 0 Å². The third-order valence-electron chi connectivity index (χ3n) is 7.28. The first-order chi connectivity index (χ1) is 18.5. The zero-order valence-corrected chi connectivity index (χ0v) is 31.7. The summed E-state index contributed by atoms with van der Waals surface area (Å²) in [6, 6.07) is 9.74. The van der Waals surface area contributed by atoms with Gasteiger partial charge >= 0.3 is 30.0 Å². The van der Waals surface area contributed by atoms with Gasteiger partial charge in [0.05, 0.1) is 43.6 Å². The van der Waals surface area contributed by atoms with Crippen LogP contribution in [-0.2, 0) is 15.2 Å². The van der Waals surface area contributed by atoms with Gasteiger partial charge in [-0.25, -0.2) is 0 Å². The second-order valence-electron chi connectivity index (χ2n) is 12.0. The van der Waals surface area contributed by atoms with Gasteiger partial charge in [-0.2, -0.15) is 0 Å². The van der Waals surface area contributed by atoms with Crippen molar-refractivity contribution in [3.63, 3.8) is 0 Å². The standard InChI is InChI=1S/C25H46P.C5H11NO.C2H4.CH3ClO.Sn/c1-8-11-18-26(19-12-9-2,20-13-10-3)21-23-14-16-24(17-15-23)22(4)25(5,6)7;1-2-3-4-5(6)7;1-2;1-3-2;/h14-17,22H,8-13,18-21H2,1-7H3;2-4H2,1H3,(H2,6,7);1-2H2;1H3;/q+1;;;;. The molecule has 1 atom stereocenters. The fourth-order valence-electron chi connectivity index (χ4n) is 4.20. The first-order valence-electron chi connectivity index (χ1n) is 15.5. The van der Waals surface area contributed by atoms with Gasteiger partial charge in [0.1, 0.15) is 0 Å². The van der Waals surface area contributed by atoms with Crippen molar-refractivity contribution < 1.29 is 9.08 Å². The van der Waals surface area contributed by atoms with E-state index in [9.17, 15) is 4.79 Å². The zero-order chi connectivity index (χ0) is 30.2. The van der Waals surface area contributed by atoms with Gasteiger partial charge in [-0.15, -0.1) is 0 Å². The Morgan fingerprint density at radius 2 is 1.31 bits per heavy atom. The molecule has 1 heterocycles. The van der Waals surface area contributed by atoms with Gasteiger partial charge < -0.3 is 5.73 Å². The molecular weight excluding hydrogens is 628 g/mol. The molecular formula is C33H64ClNO2PSn+. The summed E-state index contributed by atoms with van der Waals surface area (Å²) in [7, 11) is 0.551. The van der Waals surface area contributed by atoms with Crippen LogP contribution in [0.5, 0.6) is 0 Å². The number of hydrogen-bond acceptors (Lipinski definition) is 2. The van der Waals surface area contributed by atoms with E-state index in [-0.39, 0.29) is 5.91 Å². The topological polar surface area (TPSA) is 52.3 Å². The van der Waals surface area contributed by atoms with Crippen molar-refractivity contribution >= 4 is 46.2 Å². The fraction of sp³-hybridized carbons (Fsp3) is 0.788. The molecule has 0 saturated carbocycles. The monoisotopic (exact) mass is 692 g/mol. The first-order valence-corrected chi connectivity index (χ1v) is 22.4. The fourth-order valence-corrected chi connectivity index (χ4v) is 9.29. The van der Waals surface area contributed by atoms with Crippen LogP contribution in [0.3, 0.4) is 0 Å². The number of unbranched alkanes of at least 4 members (excludes halogenated alkanes) is 4. The summed E-state index contributed by atoms with van der Waals surface area (Å²) in [6.07, 6.45) is 16.8. The molecule has 6 heteroatoms. The Hall–Kier alpha value is 0.169. The summed E-state index contributed by atoms with van der Waals surface area (Å²) in [5.74, 6) is 0.415. The minimum absolute atomic E-state index is 0.193. The molecule has 2 radical (unpaired) electrons. The van der Waals surface area contributed by atoms with Crippen molar-refractivity contribution in [2.45, 2.75) is 134 Å². The average Bonchev–Trinajstić information content (AvgIpc) is 3.78. The van der Waals surface area contributed by atoms with Crippen LogP contribution in [-0.4, -0.2) is 52.6 Å². The van der Waals surface area contributed by atoms with Crippen LogP contribution >= 0.6 is 19.1 Å². The van der Waals surface area contributed by atoms with Crippen molar-refractivity contribution in [3.8, 4) is 0 Å². The summed E-state index contributed by atoms with van der Waals surface area (Å²) in [5, 5.41) is 0. The second kappa shape index (κ2) is 25.8. The average molecular weight is 692 g/mol. The Bertz CT molecular complexity index is 667. The van der Waals surface area contributed by atoms with Gasteiger partial charge in [0.2, 0.25) is 5.91 Å². The van der Waals surface area contributed by atoms with Crippen LogP contribution in [0.4, 0.5) is 0 Å². The Kier molecular flexibility index (Phi) is 27.4. The van der Waals surface area contributed by atoms with Crippen molar-refractivity contribution in [2.75, 3.05) is 25.6 Å². The zero-order valence-electron chi connectivity index (χ0n) is 27.2. The van der Waals surface area contributed by atoms with Gasteiger partial charge in [0.15, 0.2) is 0 Å². The molecule has 2 rings (SSSR count). The van der Waals surface area contributed by atoms with E-state index in [2.05, 4.69) is 88.9 Å². The van der Waals surface area contributed by atoms with Gasteiger partial charge in [-0.1, -0.05) is 105 Å². The van der Waals surface area contributed by atoms with E-state index in [1.165, 1.54) is 75.8 Å². The van der Waals surface area contributed by atoms with Gasteiger partial charge in [-0.05, 0) is 48.1 Å². The third kappa shape index (κ3) is 24.5.